The summed E-state index contributed by atoms with van der Waals surface area (Å²) in [6, 6.07) is 9.21. The maximum absolute atomic E-state index is 13.8. The fourth-order valence-corrected chi connectivity index (χ4v) is 2.49. The third kappa shape index (κ3) is 4.24. The van der Waals surface area contributed by atoms with E-state index in [-0.39, 0.29) is 5.78 Å². The lowest BCUT2D eigenvalue weighted by molar-refractivity contribution is 0.103. The Hall–Kier alpha value is -2.11. The van der Waals surface area contributed by atoms with Crippen molar-refractivity contribution in [1.29, 1.82) is 0 Å². The molecule has 0 saturated heterocycles. The summed E-state index contributed by atoms with van der Waals surface area (Å²) in [5.74, 6) is -1.19. The number of aliphatic hydroxyl groups is 1. The van der Waals surface area contributed by atoms with Crippen LogP contribution in [0.1, 0.15) is 42.3 Å². The summed E-state index contributed by atoms with van der Waals surface area (Å²) in [7, 11) is 0. The quantitative estimate of drug-likeness (QED) is 0.797. The second-order valence-electron chi connectivity index (χ2n) is 6.38. The summed E-state index contributed by atoms with van der Waals surface area (Å²) in [5, 5.41) is 12.6. The zero-order valence-electron chi connectivity index (χ0n) is 13.9. The molecular weight excluding hydrogens is 312 g/mol. The van der Waals surface area contributed by atoms with Gasteiger partial charge in [0.1, 0.15) is 11.6 Å². The number of rotatable bonds is 6. The van der Waals surface area contributed by atoms with Crippen LogP contribution in [0.4, 0.5) is 8.78 Å². The van der Waals surface area contributed by atoms with Gasteiger partial charge in [-0.3, -0.25) is 4.79 Å². The van der Waals surface area contributed by atoms with Crippen molar-refractivity contribution in [3.05, 3.63) is 70.8 Å². The van der Waals surface area contributed by atoms with Crippen LogP contribution in [0.15, 0.2) is 42.5 Å². The van der Waals surface area contributed by atoms with E-state index in [9.17, 15) is 18.7 Å². The third-order valence-corrected chi connectivity index (χ3v) is 3.85. The molecule has 2 N–H and O–H groups in total. The van der Waals surface area contributed by atoms with E-state index in [1.807, 2.05) is 13.8 Å². The first-order valence-electron chi connectivity index (χ1n) is 7.74. The van der Waals surface area contributed by atoms with Crippen LogP contribution in [0.5, 0.6) is 0 Å². The van der Waals surface area contributed by atoms with Gasteiger partial charge in [0.2, 0.25) is 0 Å². The number of ketones is 1. The maximum Gasteiger partial charge on any atom is 0.193 e. The zero-order chi connectivity index (χ0) is 17.9. The highest BCUT2D eigenvalue weighted by atomic mass is 19.1. The van der Waals surface area contributed by atoms with Crippen LogP contribution in [0, 0.1) is 11.6 Å². The smallest absolute Gasteiger partial charge is 0.193 e. The van der Waals surface area contributed by atoms with E-state index >= 15 is 0 Å². The van der Waals surface area contributed by atoms with E-state index in [1.165, 1.54) is 42.5 Å². The molecule has 0 saturated carbocycles. The summed E-state index contributed by atoms with van der Waals surface area (Å²) in [5.41, 5.74) is 0.420. The van der Waals surface area contributed by atoms with E-state index < -0.39 is 23.3 Å². The second kappa shape index (κ2) is 7.20. The molecule has 1 atom stereocenters. The van der Waals surface area contributed by atoms with Crippen LogP contribution in [0.2, 0.25) is 0 Å². The standard InChI is InChI=1S/C19H21F2NO2/c1-12(23)11-22-19(2,3)17-10-15(21)8-9-16(17)18(24)13-4-6-14(20)7-5-13/h4-10,12,22-23H,11H2,1-3H3. The Morgan fingerprint density at radius 2 is 1.71 bits per heavy atom. The van der Waals surface area contributed by atoms with Gasteiger partial charge in [-0.15, -0.1) is 0 Å². The minimum atomic E-state index is -0.732. The summed E-state index contributed by atoms with van der Waals surface area (Å²) < 4.78 is 26.8. The number of carbonyl (C=O) groups is 1. The third-order valence-electron chi connectivity index (χ3n) is 3.85. The first-order chi connectivity index (χ1) is 11.2. The van der Waals surface area contributed by atoms with Crippen molar-refractivity contribution in [2.75, 3.05) is 6.54 Å². The Bertz CT molecular complexity index is 725. The maximum atomic E-state index is 13.8. The van der Waals surface area contributed by atoms with Crippen molar-refractivity contribution in [3.8, 4) is 0 Å². The van der Waals surface area contributed by atoms with Crippen LogP contribution in [0.25, 0.3) is 0 Å². The lowest BCUT2D eigenvalue weighted by atomic mass is 9.86. The number of nitrogens with one attached hydrogen (secondary N) is 1. The molecule has 0 spiro atoms. The highest BCUT2D eigenvalue weighted by Gasteiger charge is 2.27. The van der Waals surface area contributed by atoms with Crippen LogP contribution in [0.3, 0.4) is 0 Å². The molecule has 0 bridgehead atoms. The van der Waals surface area contributed by atoms with Crippen molar-refractivity contribution in [1.82, 2.24) is 5.32 Å². The van der Waals surface area contributed by atoms with Crippen molar-refractivity contribution in [2.24, 2.45) is 0 Å². The van der Waals surface area contributed by atoms with Gasteiger partial charge < -0.3 is 10.4 Å². The molecule has 128 valence electrons. The monoisotopic (exact) mass is 333 g/mol. The van der Waals surface area contributed by atoms with Crippen molar-refractivity contribution < 1.29 is 18.7 Å². The molecular formula is C19H21F2NO2. The van der Waals surface area contributed by atoms with Crippen LogP contribution >= 0.6 is 0 Å². The highest BCUT2D eigenvalue weighted by molar-refractivity contribution is 6.10. The minimum Gasteiger partial charge on any atom is -0.392 e. The molecule has 2 aromatic rings. The number of carbonyl (C=O) groups excluding carboxylic acids is 1. The van der Waals surface area contributed by atoms with Gasteiger partial charge in [0.25, 0.3) is 0 Å². The van der Waals surface area contributed by atoms with Gasteiger partial charge in [0.15, 0.2) is 5.78 Å². The zero-order valence-corrected chi connectivity index (χ0v) is 13.9. The van der Waals surface area contributed by atoms with Gasteiger partial charge >= 0.3 is 0 Å². The molecule has 0 aliphatic rings. The predicted molar refractivity (Wildman–Crippen MR) is 88.9 cm³/mol. The molecule has 2 rings (SSSR count). The van der Waals surface area contributed by atoms with Crippen molar-refractivity contribution in [3.63, 3.8) is 0 Å². The molecule has 0 aliphatic heterocycles. The molecule has 0 aromatic heterocycles. The average Bonchev–Trinajstić information content (AvgIpc) is 2.53. The summed E-state index contributed by atoms with van der Waals surface area (Å²) >= 11 is 0. The lowest BCUT2D eigenvalue weighted by Gasteiger charge is -2.30. The molecule has 0 amide bonds. The fourth-order valence-electron chi connectivity index (χ4n) is 2.49. The topological polar surface area (TPSA) is 49.3 Å². The van der Waals surface area contributed by atoms with Gasteiger partial charge in [-0.25, -0.2) is 8.78 Å². The Morgan fingerprint density at radius 3 is 2.29 bits per heavy atom. The fraction of sp³-hybridized carbons (Fsp3) is 0.316. The normalized spacial score (nSPS) is 12.9. The second-order valence-corrected chi connectivity index (χ2v) is 6.38. The molecule has 0 heterocycles. The molecule has 0 fully saturated rings. The Morgan fingerprint density at radius 1 is 1.12 bits per heavy atom. The molecule has 3 nitrogen and oxygen atoms in total. The molecule has 24 heavy (non-hydrogen) atoms. The molecule has 2 aromatic carbocycles. The van der Waals surface area contributed by atoms with Gasteiger partial charge in [-0.1, -0.05) is 0 Å². The number of aliphatic hydroxyl groups excluding tert-OH is 1. The number of hydrogen-bond acceptors (Lipinski definition) is 3. The van der Waals surface area contributed by atoms with E-state index in [0.29, 0.717) is 23.2 Å². The largest absolute Gasteiger partial charge is 0.392 e. The van der Waals surface area contributed by atoms with E-state index in [1.54, 1.807) is 6.92 Å². The highest BCUT2D eigenvalue weighted by Crippen LogP contribution is 2.27. The summed E-state index contributed by atoms with van der Waals surface area (Å²) in [6.45, 7) is 5.56. The summed E-state index contributed by atoms with van der Waals surface area (Å²) in [4.78, 5) is 12.8. The van der Waals surface area contributed by atoms with E-state index in [2.05, 4.69) is 5.32 Å². The first kappa shape index (κ1) is 18.2. The Balaban J connectivity index is 2.43. The van der Waals surface area contributed by atoms with Gasteiger partial charge in [-0.2, -0.15) is 0 Å². The predicted octanol–water partition coefficient (Wildman–Crippen LogP) is 3.40. The molecule has 0 radical (unpaired) electrons. The van der Waals surface area contributed by atoms with E-state index in [0.717, 1.165) is 0 Å². The average molecular weight is 333 g/mol. The molecule has 0 aliphatic carbocycles. The molecule has 5 heteroatoms. The Labute approximate surface area is 140 Å². The Kier molecular flexibility index (Phi) is 5.47. The van der Waals surface area contributed by atoms with E-state index in [4.69, 9.17) is 0 Å². The minimum absolute atomic E-state index is 0.299. The number of halogens is 2. The van der Waals surface area contributed by atoms with Crippen LogP contribution in [-0.2, 0) is 5.54 Å². The number of hydrogen-bond donors (Lipinski definition) is 2. The SMILES string of the molecule is CC(O)CNC(C)(C)c1cc(F)ccc1C(=O)c1ccc(F)cc1. The van der Waals surface area contributed by atoms with Gasteiger partial charge in [0.05, 0.1) is 6.10 Å². The van der Waals surface area contributed by atoms with Crippen molar-refractivity contribution >= 4 is 5.78 Å². The number of benzene rings is 2. The lowest BCUT2D eigenvalue weighted by Crippen LogP contribution is -2.41. The van der Waals surface area contributed by atoms with Crippen molar-refractivity contribution in [2.45, 2.75) is 32.4 Å². The summed E-state index contributed by atoms with van der Waals surface area (Å²) in [6.07, 6.45) is -0.575. The van der Waals surface area contributed by atoms with Crippen LogP contribution < -0.4 is 5.32 Å². The van der Waals surface area contributed by atoms with Gasteiger partial charge in [0, 0.05) is 23.2 Å². The first-order valence-corrected chi connectivity index (χ1v) is 7.74. The van der Waals surface area contributed by atoms with Crippen LogP contribution in [-0.4, -0.2) is 23.5 Å². The van der Waals surface area contributed by atoms with Gasteiger partial charge in [-0.05, 0) is 68.8 Å². The molecule has 1 unspecified atom stereocenters.